The first-order chi connectivity index (χ1) is 9.05. The number of hydrogen-bond donors (Lipinski definition) is 1. The Labute approximate surface area is 109 Å². The second-order valence-corrected chi connectivity index (χ2v) is 3.98. The van der Waals surface area contributed by atoms with E-state index in [2.05, 4.69) is 10.5 Å². The maximum Gasteiger partial charge on any atom is 0.509 e. The van der Waals surface area contributed by atoms with Gasteiger partial charge in [0, 0.05) is 0 Å². The molecule has 0 radical (unpaired) electrons. The van der Waals surface area contributed by atoms with Gasteiger partial charge in [-0.3, -0.25) is 5.43 Å². The molecule has 19 heavy (non-hydrogen) atoms. The van der Waals surface area contributed by atoms with Crippen LogP contribution in [0, 0.1) is 0 Å². The van der Waals surface area contributed by atoms with Crippen LogP contribution in [-0.2, 0) is 0 Å². The summed E-state index contributed by atoms with van der Waals surface area (Å²) in [6, 6.07) is 14.2. The highest BCUT2D eigenvalue weighted by Gasteiger charge is 2.24. The number of para-hydroxylation sites is 1. The molecule has 98 valence electrons. The van der Waals surface area contributed by atoms with Crippen molar-refractivity contribution in [1.29, 1.82) is 0 Å². The smallest absolute Gasteiger partial charge is 0.445 e. The summed E-state index contributed by atoms with van der Waals surface area (Å²) in [5, 5.41) is 3.95. The van der Waals surface area contributed by atoms with Gasteiger partial charge in [-0.25, -0.2) is 0 Å². The first-order valence-electron chi connectivity index (χ1n) is 5.70. The Bertz CT molecular complexity index is 550. The van der Waals surface area contributed by atoms with Crippen LogP contribution in [0.25, 0.3) is 0 Å². The molecular weight excluding hydrogens is 252 g/mol. The highest BCUT2D eigenvalue weighted by Crippen LogP contribution is 2.09. The SMILES string of the molecule is F[B-](F)(F)c1ccc(C=NNc2ccccc2)cc1. The largest absolute Gasteiger partial charge is 0.509 e. The third-order valence-corrected chi connectivity index (χ3v) is 2.50. The summed E-state index contributed by atoms with van der Waals surface area (Å²) in [5.41, 5.74) is 3.60. The molecule has 0 heterocycles. The first kappa shape index (κ1) is 13.2. The predicted molar refractivity (Wildman–Crippen MR) is 72.8 cm³/mol. The molecule has 0 bridgehead atoms. The van der Waals surface area contributed by atoms with Crippen molar-refractivity contribution in [1.82, 2.24) is 0 Å². The fourth-order valence-electron chi connectivity index (χ4n) is 1.49. The topological polar surface area (TPSA) is 24.4 Å². The van der Waals surface area contributed by atoms with Gasteiger partial charge < -0.3 is 12.9 Å². The molecule has 0 atom stereocenters. The van der Waals surface area contributed by atoms with Crippen molar-refractivity contribution in [2.75, 3.05) is 5.43 Å². The van der Waals surface area contributed by atoms with Crippen molar-refractivity contribution in [2.45, 2.75) is 0 Å². The van der Waals surface area contributed by atoms with Gasteiger partial charge in [-0.05, 0) is 17.7 Å². The summed E-state index contributed by atoms with van der Waals surface area (Å²) in [7, 11) is 0. The molecule has 2 aromatic carbocycles. The number of halogens is 3. The Hall–Kier alpha value is -2.24. The predicted octanol–water partition coefficient (Wildman–Crippen LogP) is 3.19. The molecular formula is C13H11BF3N2-. The summed E-state index contributed by atoms with van der Waals surface area (Å²) in [4.78, 5) is 0. The van der Waals surface area contributed by atoms with E-state index in [9.17, 15) is 12.9 Å². The fourth-order valence-corrected chi connectivity index (χ4v) is 1.49. The minimum absolute atomic E-state index is 0.604. The summed E-state index contributed by atoms with van der Waals surface area (Å²) in [5.74, 6) is 0. The maximum absolute atomic E-state index is 12.4. The van der Waals surface area contributed by atoms with Crippen LogP contribution in [0.1, 0.15) is 5.56 Å². The summed E-state index contributed by atoms with van der Waals surface area (Å²) in [6.45, 7) is -4.93. The minimum Gasteiger partial charge on any atom is -0.445 e. The third-order valence-electron chi connectivity index (χ3n) is 2.50. The third kappa shape index (κ3) is 3.87. The quantitative estimate of drug-likeness (QED) is 0.511. The van der Waals surface area contributed by atoms with Gasteiger partial charge in [0.1, 0.15) is 0 Å². The Kier molecular flexibility index (Phi) is 3.89. The Balaban J connectivity index is 2.00. The fraction of sp³-hybridized carbons (Fsp3) is 0. The number of nitrogens with zero attached hydrogens (tertiary/aromatic N) is 1. The molecule has 0 aliphatic heterocycles. The molecule has 0 unspecified atom stereocenters. The molecule has 0 fully saturated rings. The molecule has 1 N–H and O–H groups in total. The van der Waals surface area contributed by atoms with Crippen LogP contribution in [0.4, 0.5) is 18.6 Å². The van der Waals surface area contributed by atoms with Gasteiger partial charge in [-0.1, -0.05) is 42.5 Å². The summed E-state index contributed by atoms with van der Waals surface area (Å²) < 4.78 is 37.2. The van der Waals surface area contributed by atoms with Crippen molar-refractivity contribution in [3.05, 3.63) is 60.2 Å². The second kappa shape index (κ2) is 5.60. The molecule has 0 aliphatic carbocycles. The normalized spacial score (nSPS) is 11.7. The van der Waals surface area contributed by atoms with E-state index in [1.807, 2.05) is 30.3 Å². The number of nitrogens with one attached hydrogen (secondary N) is 1. The zero-order valence-corrected chi connectivity index (χ0v) is 9.93. The highest BCUT2D eigenvalue weighted by molar-refractivity contribution is 6.73. The van der Waals surface area contributed by atoms with E-state index >= 15 is 0 Å². The molecule has 0 saturated heterocycles. The van der Waals surface area contributed by atoms with Crippen molar-refractivity contribution in [2.24, 2.45) is 5.10 Å². The lowest BCUT2D eigenvalue weighted by Gasteiger charge is -2.14. The number of hydrogen-bond acceptors (Lipinski definition) is 2. The molecule has 2 rings (SSSR count). The number of hydrazone groups is 1. The monoisotopic (exact) mass is 263 g/mol. The van der Waals surface area contributed by atoms with Crippen LogP contribution >= 0.6 is 0 Å². The van der Waals surface area contributed by atoms with E-state index in [-0.39, 0.29) is 0 Å². The van der Waals surface area contributed by atoms with E-state index in [4.69, 9.17) is 0 Å². The lowest BCUT2D eigenvalue weighted by molar-refractivity contribution is 0.501. The van der Waals surface area contributed by atoms with Crippen LogP contribution in [0.3, 0.4) is 0 Å². The first-order valence-corrected chi connectivity index (χ1v) is 5.70. The summed E-state index contributed by atoms with van der Waals surface area (Å²) >= 11 is 0. The van der Waals surface area contributed by atoms with Crippen LogP contribution in [0.15, 0.2) is 59.7 Å². The van der Waals surface area contributed by atoms with Crippen LogP contribution in [-0.4, -0.2) is 13.2 Å². The molecule has 0 aromatic heterocycles. The molecule has 2 aromatic rings. The van der Waals surface area contributed by atoms with E-state index < -0.39 is 12.4 Å². The number of benzene rings is 2. The number of rotatable bonds is 4. The summed E-state index contributed by atoms with van der Waals surface area (Å²) in [6.07, 6.45) is 1.47. The lowest BCUT2D eigenvalue weighted by atomic mass is 9.80. The highest BCUT2D eigenvalue weighted by atomic mass is 19.4. The van der Waals surface area contributed by atoms with Crippen molar-refractivity contribution in [3.63, 3.8) is 0 Å². The van der Waals surface area contributed by atoms with Gasteiger partial charge >= 0.3 is 6.98 Å². The standard InChI is InChI=1S/C13H11BF3N2/c15-14(16,17)12-8-6-11(7-9-12)10-18-19-13-4-2-1-3-5-13/h1-10,19H/q-1. The van der Waals surface area contributed by atoms with Gasteiger partial charge in [0.2, 0.25) is 0 Å². The zero-order valence-electron chi connectivity index (χ0n) is 9.93. The van der Waals surface area contributed by atoms with Crippen LogP contribution in [0.5, 0.6) is 0 Å². The van der Waals surface area contributed by atoms with Crippen molar-refractivity contribution in [3.8, 4) is 0 Å². The van der Waals surface area contributed by atoms with Crippen molar-refractivity contribution >= 4 is 24.3 Å². The van der Waals surface area contributed by atoms with Gasteiger partial charge in [-0.15, -0.1) is 5.46 Å². The van der Waals surface area contributed by atoms with E-state index in [0.717, 1.165) is 17.8 Å². The van der Waals surface area contributed by atoms with E-state index in [0.29, 0.717) is 5.56 Å². The molecule has 0 spiro atoms. The maximum atomic E-state index is 12.4. The van der Waals surface area contributed by atoms with Crippen LogP contribution in [0.2, 0.25) is 0 Å². The Morgan fingerprint density at radius 1 is 0.895 bits per heavy atom. The Morgan fingerprint density at radius 2 is 1.53 bits per heavy atom. The lowest BCUT2D eigenvalue weighted by Crippen LogP contribution is -2.33. The molecule has 0 saturated carbocycles. The average molecular weight is 263 g/mol. The van der Waals surface area contributed by atoms with E-state index in [1.165, 1.54) is 18.3 Å². The number of anilines is 1. The molecule has 2 nitrogen and oxygen atoms in total. The molecule has 0 aliphatic rings. The molecule has 0 amide bonds. The van der Waals surface area contributed by atoms with Crippen LogP contribution < -0.4 is 10.9 Å². The van der Waals surface area contributed by atoms with Gasteiger partial charge in [0.15, 0.2) is 0 Å². The Morgan fingerprint density at radius 3 is 2.11 bits per heavy atom. The van der Waals surface area contributed by atoms with E-state index in [1.54, 1.807) is 0 Å². The average Bonchev–Trinajstić information content (AvgIpc) is 2.39. The van der Waals surface area contributed by atoms with Gasteiger partial charge in [-0.2, -0.15) is 5.10 Å². The van der Waals surface area contributed by atoms with Crippen molar-refractivity contribution < 1.29 is 12.9 Å². The molecule has 6 heteroatoms. The van der Waals surface area contributed by atoms with Gasteiger partial charge in [0.05, 0.1) is 11.9 Å². The van der Waals surface area contributed by atoms with Gasteiger partial charge in [0.25, 0.3) is 0 Å². The minimum atomic E-state index is -4.93. The second-order valence-electron chi connectivity index (χ2n) is 3.98. The zero-order chi connectivity index (χ0) is 13.7.